The van der Waals surface area contributed by atoms with Gasteiger partial charge in [0.1, 0.15) is 0 Å². The highest BCUT2D eigenvalue weighted by atomic mass is 16.2. The first-order valence-corrected chi connectivity index (χ1v) is 9.34. The maximum absolute atomic E-state index is 7.00. The summed E-state index contributed by atoms with van der Waals surface area (Å²) in [7, 11) is 2.00. The Morgan fingerprint density at radius 2 is 0.739 bits per heavy atom. The molecule has 2 nitrogen and oxygen atoms in total. The van der Waals surface area contributed by atoms with Crippen molar-refractivity contribution in [1.29, 1.82) is 0 Å². The van der Waals surface area contributed by atoms with Gasteiger partial charge in [0, 0.05) is 14.2 Å². The van der Waals surface area contributed by atoms with E-state index in [2.05, 4.69) is 0 Å². The monoisotopic (exact) mass is 336 g/mol. The Hall–Kier alpha value is -0.0800. The van der Waals surface area contributed by atoms with E-state index in [1.165, 1.54) is 38.5 Å². The summed E-state index contributed by atoms with van der Waals surface area (Å²) < 4.78 is 0. The highest BCUT2D eigenvalue weighted by molar-refractivity contribution is 4.73. The third-order valence-corrected chi connectivity index (χ3v) is 4.12. The summed E-state index contributed by atoms with van der Waals surface area (Å²) in [6.45, 7) is 8.00. The molecule has 0 aliphatic heterocycles. The van der Waals surface area contributed by atoms with Gasteiger partial charge in [0.05, 0.1) is 0 Å². The first-order chi connectivity index (χ1) is 10.4. The van der Waals surface area contributed by atoms with Gasteiger partial charge >= 0.3 is 0 Å². The molecule has 0 amide bonds. The molecule has 0 saturated heterocycles. The van der Waals surface area contributed by atoms with E-state index in [0.29, 0.717) is 0 Å². The first-order valence-electron chi connectivity index (χ1n) is 9.34. The molecule has 0 aromatic rings. The van der Waals surface area contributed by atoms with E-state index >= 15 is 0 Å². The molecule has 0 bridgehead atoms. The van der Waals surface area contributed by atoms with Crippen molar-refractivity contribution in [3.05, 3.63) is 0 Å². The van der Waals surface area contributed by atoms with Crippen LogP contribution >= 0.6 is 0 Å². The van der Waals surface area contributed by atoms with Crippen LogP contribution in [0.4, 0.5) is 0 Å². The molecule has 0 atom stereocenters. The Kier molecular flexibility index (Phi) is 50.0. The molecule has 2 N–H and O–H groups in total. The fraction of sp³-hybridized carbons (Fsp3) is 1.00. The molecule has 0 unspecified atom stereocenters. The van der Waals surface area contributed by atoms with Crippen LogP contribution in [-0.4, -0.2) is 24.4 Å². The fourth-order valence-electron chi connectivity index (χ4n) is 3.32. The molecular formula is C21H52O2. The first kappa shape index (κ1) is 34.3. The maximum Gasteiger partial charge on any atom is 0.0319 e. The zero-order valence-corrected chi connectivity index (χ0v) is 15.8. The predicted molar refractivity (Wildman–Crippen MR) is 110 cm³/mol. The minimum absolute atomic E-state index is 0. The van der Waals surface area contributed by atoms with Gasteiger partial charge in [0.25, 0.3) is 0 Å². The third kappa shape index (κ3) is 21.9. The Morgan fingerprint density at radius 3 is 0.957 bits per heavy atom. The number of rotatable bonds is 2. The standard InChI is InChI=1S/C13H24.2C2H6.2CH4O.2CH4/c1-3-7-12(8-4-1)11-13-9-5-2-6-10-13;4*1-2;;/h12-13H,1-11H2;2*1-2H3;2*2H,1H3;2*1H4. The summed E-state index contributed by atoms with van der Waals surface area (Å²) in [5.74, 6) is 2.24. The number of aliphatic hydroxyl groups is 2. The smallest absolute Gasteiger partial charge is 0.0319 e. The molecule has 0 aromatic carbocycles. The summed E-state index contributed by atoms with van der Waals surface area (Å²) in [5.41, 5.74) is 0. The lowest BCUT2D eigenvalue weighted by Gasteiger charge is -2.28. The number of hydrogen-bond donors (Lipinski definition) is 2. The van der Waals surface area contributed by atoms with E-state index in [0.717, 1.165) is 26.1 Å². The van der Waals surface area contributed by atoms with Crippen LogP contribution in [0.5, 0.6) is 0 Å². The van der Waals surface area contributed by atoms with E-state index in [-0.39, 0.29) is 14.9 Å². The predicted octanol–water partition coefficient (Wildman–Crippen LogP) is 7.08. The highest BCUT2D eigenvalue weighted by Gasteiger charge is 2.20. The van der Waals surface area contributed by atoms with Gasteiger partial charge in [-0.15, -0.1) is 0 Å². The van der Waals surface area contributed by atoms with E-state index in [4.69, 9.17) is 10.2 Å². The Morgan fingerprint density at radius 1 is 0.522 bits per heavy atom. The number of hydrogen-bond acceptors (Lipinski definition) is 2. The molecule has 0 spiro atoms. The molecule has 2 fully saturated rings. The van der Waals surface area contributed by atoms with Crippen LogP contribution in [-0.2, 0) is 0 Å². The maximum atomic E-state index is 7.00. The van der Waals surface area contributed by atoms with Crippen molar-refractivity contribution in [2.75, 3.05) is 14.2 Å². The van der Waals surface area contributed by atoms with Crippen molar-refractivity contribution in [2.24, 2.45) is 11.8 Å². The van der Waals surface area contributed by atoms with E-state index in [1.54, 1.807) is 32.1 Å². The van der Waals surface area contributed by atoms with Gasteiger partial charge in [-0.05, 0) is 18.3 Å². The van der Waals surface area contributed by atoms with Crippen LogP contribution in [0, 0.1) is 11.8 Å². The Balaban J connectivity index is -0.0000000954. The van der Waals surface area contributed by atoms with Gasteiger partial charge < -0.3 is 10.2 Å². The summed E-state index contributed by atoms with van der Waals surface area (Å²) in [6, 6.07) is 0. The van der Waals surface area contributed by atoms with Gasteiger partial charge in [-0.2, -0.15) is 0 Å². The van der Waals surface area contributed by atoms with E-state index in [1.807, 2.05) is 27.7 Å². The topological polar surface area (TPSA) is 40.5 Å². The lowest BCUT2D eigenvalue weighted by atomic mass is 9.78. The molecule has 2 aliphatic carbocycles. The zero-order valence-electron chi connectivity index (χ0n) is 15.8. The minimum Gasteiger partial charge on any atom is -0.400 e. The zero-order chi connectivity index (χ0) is 16.9. The van der Waals surface area contributed by atoms with Crippen LogP contribution < -0.4 is 0 Å². The molecular weight excluding hydrogens is 284 g/mol. The normalized spacial score (nSPS) is 16.7. The van der Waals surface area contributed by atoms with Gasteiger partial charge in [0.15, 0.2) is 0 Å². The molecule has 2 saturated carbocycles. The van der Waals surface area contributed by atoms with Crippen molar-refractivity contribution in [1.82, 2.24) is 0 Å². The Labute approximate surface area is 150 Å². The Bertz CT molecular complexity index is 121. The molecule has 2 aliphatic rings. The molecule has 148 valence electrons. The van der Waals surface area contributed by atoms with Crippen LogP contribution in [0.25, 0.3) is 0 Å². The van der Waals surface area contributed by atoms with Gasteiger partial charge in [-0.25, -0.2) is 0 Å². The molecule has 0 heterocycles. The van der Waals surface area contributed by atoms with Crippen molar-refractivity contribution in [2.45, 2.75) is 113 Å². The molecule has 2 heteroatoms. The SMILES string of the molecule is C.C.C1CCC(CC2CCCCC2)CC1.CC.CC.CO.CO. The molecule has 0 radical (unpaired) electrons. The van der Waals surface area contributed by atoms with E-state index in [9.17, 15) is 0 Å². The van der Waals surface area contributed by atoms with Gasteiger partial charge in [-0.1, -0.05) is 107 Å². The van der Waals surface area contributed by atoms with Gasteiger partial charge in [-0.3, -0.25) is 0 Å². The average molecular weight is 337 g/mol. The lowest BCUT2D eigenvalue weighted by Crippen LogP contribution is -2.14. The van der Waals surface area contributed by atoms with Crippen molar-refractivity contribution in [3.8, 4) is 0 Å². The quantitative estimate of drug-likeness (QED) is 0.565. The lowest BCUT2D eigenvalue weighted by molar-refractivity contribution is 0.244. The largest absolute Gasteiger partial charge is 0.400 e. The third-order valence-electron chi connectivity index (χ3n) is 4.12. The van der Waals surface area contributed by atoms with Crippen molar-refractivity contribution in [3.63, 3.8) is 0 Å². The van der Waals surface area contributed by atoms with Crippen LogP contribution in [0.2, 0.25) is 0 Å². The highest BCUT2D eigenvalue weighted by Crippen LogP contribution is 2.34. The van der Waals surface area contributed by atoms with Crippen molar-refractivity contribution < 1.29 is 10.2 Å². The second-order valence-corrected chi connectivity index (χ2v) is 5.24. The van der Waals surface area contributed by atoms with Crippen LogP contribution in [0.3, 0.4) is 0 Å². The average Bonchev–Trinajstić information content (AvgIpc) is 2.64. The van der Waals surface area contributed by atoms with Crippen LogP contribution in [0.15, 0.2) is 0 Å². The summed E-state index contributed by atoms with van der Waals surface area (Å²) in [4.78, 5) is 0. The van der Waals surface area contributed by atoms with Gasteiger partial charge in [0.2, 0.25) is 0 Å². The molecule has 23 heavy (non-hydrogen) atoms. The van der Waals surface area contributed by atoms with Crippen LogP contribution in [0.1, 0.15) is 113 Å². The number of aliphatic hydroxyl groups excluding tert-OH is 2. The molecule has 2 rings (SSSR count). The van der Waals surface area contributed by atoms with E-state index < -0.39 is 0 Å². The summed E-state index contributed by atoms with van der Waals surface area (Å²) in [5, 5.41) is 14.0. The summed E-state index contributed by atoms with van der Waals surface area (Å²) >= 11 is 0. The summed E-state index contributed by atoms with van der Waals surface area (Å²) in [6.07, 6.45) is 16.9. The minimum atomic E-state index is 0. The fourth-order valence-corrected chi connectivity index (χ4v) is 3.32. The second kappa shape index (κ2) is 33.5. The second-order valence-electron chi connectivity index (χ2n) is 5.24. The molecule has 0 aromatic heterocycles. The van der Waals surface area contributed by atoms with Crippen molar-refractivity contribution >= 4 is 0 Å².